The lowest BCUT2D eigenvalue weighted by atomic mass is 10.2. The average molecular weight is 225 g/mol. The first kappa shape index (κ1) is 12.0. The summed E-state index contributed by atoms with van der Waals surface area (Å²) in [5.74, 6) is 1.77. The van der Waals surface area contributed by atoms with Crippen LogP contribution < -0.4 is 5.73 Å². The van der Waals surface area contributed by atoms with Crippen LogP contribution in [0.25, 0.3) is 0 Å². The maximum Gasteiger partial charge on any atom is 0.384 e. The number of benzene rings is 1. The van der Waals surface area contributed by atoms with Crippen molar-refractivity contribution >= 4 is 11.7 Å². The van der Waals surface area contributed by atoms with Gasteiger partial charge in [0.15, 0.2) is 0 Å². The first-order chi connectivity index (χ1) is 7.54. The lowest BCUT2D eigenvalue weighted by molar-refractivity contribution is -0.136. The van der Waals surface area contributed by atoms with Crippen LogP contribution in [0.15, 0.2) is 12.1 Å². The van der Waals surface area contributed by atoms with Crippen molar-refractivity contribution in [2.24, 2.45) is 0 Å². The van der Waals surface area contributed by atoms with E-state index in [4.69, 9.17) is 5.73 Å². The Balaban J connectivity index is 2.97. The molecule has 1 aromatic carbocycles. The van der Waals surface area contributed by atoms with Crippen molar-refractivity contribution in [2.75, 3.05) is 12.3 Å². The Labute approximate surface area is 91.2 Å². The van der Waals surface area contributed by atoms with Crippen LogP contribution in [0.3, 0.4) is 0 Å². The van der Waals surface area contributed by atoms with Gasteiger partial charge in [-0.05, 0) is 13.0 Å². The molecule has 0 heterocycles. The summed E-state index contributed by atoms with van der Waals surface area (Å²) in [6, 6.07) is 1.64. The Morgan fingerprint density at radius 1 is 1.44 bits per heavy atom. The molecule has 0 atom stereocenters. The molecule has 0 spiro atoms. The fourth-order valence-electron chi connectivity index (χ4n) is 0.947. The minimum absolute atomic E-state index is 0.146. The molecule has 84 valence electrons. The Morgan fingerprint density at radius 2 is 2.12 bits per heavy atom. The van der Waals surface area contributed by atoms with Gasteiger partial charge in [-0.1, -0.05) is 5.92 Å². The van der Waals surface area contributed by atoms with Crippen LogP contribution in [0.4, 0.5) is 14.5 Å². The maximum atomic E-state index is 13.1. The molecule has 3 nitrogen and oxygen atoms in total. The number of carbonyl (C=O) groups is 1. The van der Waals surface area contributed by atoms with Gasteiger partial charge >= 0.3 is 5.97 Å². The van der Waals surface area contributed by atoms with Crippen molar-refractivity contribution in [3.63, 3.8) is 0 Å². The molecule has 1 rings (SSSR count). The second-order valence-corrected chi connectivity index (χ2v) is 2.82. The molecule has 0 aliphatic carbocycles. The molecule has 0 aromatic heterocycles. The number of hydrogen-bond donors (Lipinski definition) is 1. The summed E-state index contributed by atoms with van der Waals surface area (Å²) in [5, 5.41) is 0. The van der Waals surface area contributed by atoms with E-state index in [-0.39, 0.29) is 17.9 Å². The second kappa shape index (κ2) is 5.12. The standard InChI is InChI=1S/C11H9F2NO2/c1-2-16-11(15)4-3-7-5-10(14)9(13)6-8(7)12/h5-6H,2,14H2,1H3. The fraction of sp³-hybridized carbons (Fsp3) is 0.182. The molecule has 5 heteroatoms. The van der Waals surface area contributed by atoms with Crippen molar-refractivity contribution < 1.29 is 18.3 Å². The van der Waals surface area contributed by atoms with Crippen molar-refractivity contribution in [1.29, 1.82) is 0 Å². The lowest BCUT2D eigenvalue weighted by Crippen LogP contribution is -2.00. The van der Waals surface area contributed by atoms with Crippen LogP contribution in [0.5, 0.6) is 0 Å². The van der Waals surface area contributed by atoms with Gasteiger partial charge in [0, 0.05) is 12.0 Å². The van der Waals surface area contributed by atoms with Crippen molar-refractivity contribution in [2.45, 2.75) is 6.92 Å². The summed E-state index contributed by atoms with van der Waals surface area (Å²) in [6.07, 6.45) is 0. The molecular weight excluding hydrogens is 216 g/mol. The topological polar surface area (TPSA) is 52.3 Å². The number of carbonyl (C=O) groups excluding carboxylic acids is 1. The van der Waals surface area contributed by atoms with Gasteiger partial charge in [-0.15, -0.1) is 0 Å². The van der Waals surface area contributed by atoms with Crippen molar-refractivity contribution in [3.8, 4) is 11.8 Å². The molecule has 0 aliphatic rings. The zero-order chi connectivity index (χ0) is 12.1. The summed E-state index contributed by atoms with van der Waals surface area (Å²) in [7, 11) is 0. The Kier molecular flexibility index (Phi) is 3.84. The molecule has 0 bridgehead atoms. The van der Waals surface area contributed by atoms with E-state index < -0.39 is 17.6 Å². The molecule has 0 amide bonds. The molecule has 0 saturated carbocycles. The smallest absolute Gasteiger partial charge is 0.384 e. The fourth-order valence-corrected chi connectivity index (χ4v) is 0.947. The van der Waals surface area contributed by atoms with Gasteiger partial charge in [0.25, 0.3) is 0 Å². The SMILES string of the molecule is CCOC(=O)C#Cc1cc(N)c(F)cc1F. The highest BCUT2D eigenvalue weighted by Crippen LogP contribution is 2.15. The highest BCUT2D eigenvalue weighted by Gasteiger charge is 2.05. The summed E-state index contributed by atoms with van der Waals surface area (Å²) in [5.41, 5.74) is 4.86. The number of esters is 1. The van der Waals surface area contributed by atoms with Gasteiger partial charge in [-0.2, -0.15) is 0 Å². The number of rotatable bonds is 1. The predicted octanol–water partition coefficient (Wildman–Crippen LogP) is 1.46. The van der Waals surface area contributed by atoms with Gasteiger partial charge in [0.2, 0.25) is 0 Å². The van der Waals surface area contributed by atoms with E-state index in [0.717, 1.165) is 6.07 Å². The minimum Gasteiger partial charge on any atom is -0.456 e. The van der Waals surface area contributed by atoms with Gasteiger partial charge < -0.3 is 10.5 Å². The lowest BCUT2D eigenvalue weighted by Gasteiger charge is -1.98. The van der Waals surface area contributed by atoms with E-state index in [1.165, 1.54) is 0 Å². The molecule has 0 unspecified atom stereocenters. The van der Waals surface area contributed by atoms with Crippen LogP contribution in [-0.4, -0.2) is 12.6 Å². The zero-order valence-corrected chi connectivity index (χ0v) is 8.51. The first-order valence-corrected chi connectivity index (χ1v) is 4.48. The maximum absolute atomic E-state index is 13.1. The third-order valence-corrected chi connectivity index (χ3v) is 1.66. The number of halogens is 2. The second-order valence-electron chi connectivity index (χ2n) is 2.82. The van der Waals surface area contributed by atoms with Crippen LogP contribution in [0.1, 0.15) is 12.5 Å². The number of nitrogen functional groups attached to an aromatic ring is 1. The van der Waals surface area contributed by atoms with Crippen LogP contribution in [0.2, 0.25) is 0 Å². The normalized spacial score (nSPS) is 9.19. The molecular formula is C11H9F2NO2. The van der Waals surface area contributed by atoms with E-state index in [9.17, 15) is 13.6 Å². The summed E-state index contributed by atoms with van der Waals surface area (Å²) < 4.78 is 30.4. The number of nitrogens with two attached hydrogens (primary N) is 1. The summed E-state index contributed by atoms with van der Waals surface area (Å²) in [4.78, 5) is 10.9. The number of hydrogen-bond acceptors (Lipinski definition) is 3. The van der Waals surface area contributed by atoms with E-state index in [1.807, 2.05) is 0 Å². The Hall–Kier alpha value is -2.09. The molecule has 16 heavy (non-hydrogen) atoms. The average Bonchev–Trinajstić information content (AvgIpc) is 2.22. The molecule has 0 aliphatic heterocycles. The highest BCUT2D eigenvalue weighted by molar-refractivity contribution is 5.89. The molecule has 0 radical (unpaired) electrons. The molecule has 0 fully saturated rings. The van der Waals surface area contributed by atoms with Crippen LogP contribution >= 0.6 is 0 Å². The van der Waals surface area contributed by atoms with Crippen molar-refractivity contribution in [3.05, 3.63) is 29.3 Å². The van der Waals surface area contributed by atoms with E-state index in [0.29, 0.717) is 6.07 Å². The summed E-state index contributed by atoms with van der Waals surface area (Å²) >= 11 is 0. The molecule has 2 N–H and O–H groups in total. The van der Waals surface area contributed by atoms with Crippen LogP contribution in [-0.2, 0) is 9.53 Å². The molecule has 0 saturated heterocycles. The van der Waals surface area contributed by atoms with Gasteiger partial charge in [-0.3, -0.25) is 0 Å². The summed E-state index contributed by atoms with van der Waals surface area (Å²) in [6.45, 7) is 1.80. The van der Waals surface area contributed by atoms with Crippen LogP contribution in [0, 0.1) is 23.5 Å². The predicted molar refractivity (Wildman–Crippen MR) is 54.3 cm³/mol. The van der Waals surface area contributed by atoms with E-state index in [1.54, 1.807) is 6.92 Å². The first-order valence-electron chi connectivity index (χ1n) is 4.48. The van der Waals surface area contributed by atoms with Gasteiger partial charge in [-0.25, -0.2) is 13.6 Å². The molecule has 1 aromatic rings. The third-order valence-electron chi connectivity index (χ3n) is 1.66. The van der Waals surface area contributed by atoms with Gasteiger partial charge in [0.1, 0.15) is 11.6 Å². The Morgan fingerprint density at radius 3 is 2.75 bits per heavy atom. The Bertz CT molecular complexity index is 475. The van der Waals surface area contributed by atoms with Gasteiger partial charge in [0.05, 0.1) is 17.9 Å². The van der Waals surface area contributed by atoms with Crippen molar-refractivity contribution in [1.82, 2.24) is 0 Å². The zero-order valence-electron chi connectivity index (χ0n) is 8.51. The number of ether oxygens (including phenoxy) is 1. The quantitative estimate of drug-likeness (QED) is 0.447. The monoisotopic (exact) mass is 225 g/mol. The third kappa shape index (κ3) is 2.95. The largest absolute Gasteiger partial charge is 0.456 e. The number of anilines is 1. The van der Waals surface area contributed by atoms with E-state index >= 15 is 0 Å². The minimum atomic E-state index is -0.872. The van der Waals surface area contributed by atoms with E-state index in [2.05, 4.69) is 16.6 Å². The highest BCUT2D eigenvalue weighted by atomic mass is 19.1.